The molecule has 3 aromatic rings. The average Bonchev–Trinajstić information content (AvgIpc) is 3.21. The molecule has 1 N–H and O–H groups in total. The molecule has 134 valence electrons. The molecule has 0 atom stereocenters. The van der Waals surface area contributed by atoms with Gasteiger partial charge in [0.1, 0.15) is 11.6 Å². The zero-order valence-electron chi connectivity index (χ0n) is 14.2. The molecule has 0 unspecified atom stereocenters. The molecule has 1 aliphatic heterocycles. The molecule has 8 heteroatoms. The van der Waals surface area contributed by atoms with Crippen LogP contribution >= 0.6 is 0 Å². The Morgan fingerprint density at radius 1 is 1.04 bits per heavy atom. The van der Waals surface area contributed by atoms with Crippen molar-refractivity contribution in [2.75, 3.05) is 41.3 Å². The van der Waals surface area contributed by atoms with Gasteiger partial charge in [0.2, 0.25) is 5.95 Å². The highest BCUT2D eigenvalue weighted by Crippen LogP contribution is 2.19. The zero-order valence-corrected chi connectivity index (χ0v) is 14.2. The lowest BCUT2D eigenvalue weighted by Gasteiger charge is -2.36. The Kier molecular flexibility index (Phi) is 4.63. The van der Waals surface area contributed by atoms with Crippen molar-refractivity contribution in [1.82, 2.24) is 15.2 Å². The molecule has 0 aliphatic carbocycles. The summed E-state index contributed by atoms with van der Waals surface area (Å²) < 4.78 is 18.4. The normalized spacial score (nSPS) is 14.5. The fourth-order valence-electron chi connectivity index (χ4n) is 2.95. The number of halogens is 1. The fraction of sp³-hybridized carbons (Fsp3) is 0.278. The number of nitrogens with zero attached hydrogens (tertiary/aromatic N) is 5. The summed E-state index contributed by atoms with van der Waals surface area (Å²) in [4.78, 5) is 8.95. The molecule has 2 aromatic heterocycles. The first-order valence-corrected chi connectivity index (χ1v) is 8.49. The van der Waals surface area contributed by atoms with Gasteiger partial charge in [0, 0.05) is 31.9 Å². The maximum Gasteiger partial charge on any atom is 0.245 e. The highest BCUT2D eigenvalue weighted by atomic mass is 19.1. The number of hydrogen-bond acceptors (Lipinski definition) is 7. The lowest BCUT2D eigenvalue weighted by atomic mass is 10.2. The topological polar surface area (TPSA) is 70.3 Å². The number of hydrogen-bond donors (Lipinski definition) is 1. The summed E-state index contributed by atoms with van der Waals surface area (Å²) in [5.74, 6) is 1.86. The molecule has 1 saturated heterocycles. The Labute approximate surface area is 150 Å². The molecule has 7 nitrogen and oxygen atoms in total. The summed E-state index contributed by atoms with van der Waals surface area (Å²) in [7, 11) is 0. The van der Waals surface area contributed by atoms with E-state index < -0.39 is 0 Å². The average molecular weight is 354 g/mol. The molecular formula is C18H19FN6O. The first-order chi connectivity index (χ1) is 12.8. The van der Waals surface area contributed by atoms with Crippen molar-refractivity contribution >= 4 is 17.5 Å². The number of aromatic nitrogens is 3. The van der Waals surface area contributed by atoms with Crippen molar-refractivity contribution in [2.24, 2.45) is 0 Å². The predicted octanol–water partition coefficient (Wildman–Crippen LogP) is 2.54. The Bertz CT molecular complexity index is 831. The molecule has 0 spiro atoms. The predicted molar refractivity (Wildman–Crippen MR) is 96.7 cm³/mol. The van der Waals surface area contributed by atoms with Gasteiger partial charge in [-0.2, -0.15) is 10.1 Å². The van der Waals surface area contributed by atoms with E-state index in [0.29, 0.717) is 12.5 Å². The molecule has 4 rings (SSSR count). The van der Waals surface area contributed by atoms with Crippen molar-refractivity contribution in [3.05, 3.63) is 60.4 Å². The van der Waals surface area contributed by atoms with E-state index in [-0.39, 0.29) is 5.82 Å². The lowest BCUT2D eigenvalue weighted by Crippen LogP contribution is -2.47. The first-order valence-electron chi connectivity index (χ1n) is 8.49. The maximum absolute atomic E-state index is 13.1. The van der Waals surface area contributed by atoms with Crippen LogP contribution in [0.1, 0.15) is 5.76 Å². The molecule has 0 saturated carbocycles. The van der Waals surface area contributed by atoms with Gasteiger partial charge in [-0.05, 0) is 36.4 Å². The summed E-state index contributed by atoms with van der Waals surface area (Å²) in [5.41, 5.74) is 1.03. The van der Waals surface area contributed by atoms with Gasteiger partial charge in [-0.3, -0.25) is 0 Å². The second-order valence-electron chi connectivity index (χ2n) is 6.02. The van der Waals surface area contributed by atoms with E-state index in [4.69, 9.17) is 4.42 Å². The van der Waals surface area contributed by atoms with Crippen molar-refractivity contribution in [2.45, 2.75) is 6.54 Å². The molecule has 0 amide bonds. The van der Waals surface area contributed by atoms with Crippen LogP contribution in [-0.2, 0) is 6.54 Å². The summed E-state index contributed by atoms with van der Waals surface area (Å²) in [6, 6.07) is 10.3. The highest BCUT2D eigenvalue weighted by molar-refractivity contribution is 5.49. The van der Waals surface area contributed by atoms with Gasteiger partial charge in [-0.25, -0.2) is 4.39 Å². The van der Waals surface area contributed by atoms with E-state index in [9.17, 15) is 4.39 Å². The second-order valence-corrected chi connectivity index (χ2v) is 6.02. The van der Waals surface area contributed by atoms with Crippen LogP contribution in [0.15, 0.2) is 53.3 Å². The van der Waals surface area contributed by atoms with E-state index in [1.165, 1.54) is 12.1 Å². The maximum atomic E-state index is 13.1. The van der Waals surface area contributed by atoms with Crippen LogP contribution in [0.3, 0.4) is 0 Å². The van der Waals surface area contributed by atoms with Gasteiger partial charge >= 0.3 is 0 Å². The number of rotatable bonds is 5. The second kappa shape index (κ2) is 7.38. The van der Waals surface area contributed by atoms with Crippen LogP contribution in [0, 0.1) is 5.82 Å². The number of nitrogens with one attached hydrogen (secondary N) is 1. The first kappa shape index (κ1) is 16.3. The van der Waals surface area contributed by atoms with Gasteiger partial charge in [-0.1, -0.05) is 0 Å². The summed E-state index contributed by atoms with van der Waals surface area (Å²) in [6.07, 6.45) is 3.30. The van der Waals surface area contributed by atoms with Crippen LogP contribution in [0.4, 0.5) is 21.8 Å². The number of piperazine rings is 1. The van der Waals surface area contributed by atoms with Crippen molar-refractivity contribution in [1.29, 1.82) is 0 Å². The number of anilines is 3. The fourth-order valence-corrected chi connectivity index (χ4v) is 2.95. The van der Waals surface area contributed by atoms with E-state index in [1.807, 2.05) is 24.3 Å². The summed E-state index contributed by atoms with van der Waals surface area (Å²) >= 11 is 0. The van der Waals surface area contributed by atoms with E-state index >= 15 is 0 Å². The third kappa shape index (κ3) is 3.74. The zero-order chi connectivity index (χ0) is 17.8. The largest absolute Gasteiger partial charge is 0.467 e. The molecule has 0 bridgehead atoms. The van der Waals surface area contributed by atoms with Gasteiger partial charge in [0.05, 0.1) is 19.0 Å². The van der Waals surface area contributed by atoms with Crippen molar-refractivity contribution < 1.29 is 8.81 Å². The Balaban J connectivity index is 1.36. The standard InChI is InChI=1S/C18H19FN6O/c19-14-3-5-15(6-4-14)24-7-9-25(10-8-24)17-13-21-23-18(22-17)20-12-16-2-1-11-26-16/h1-6,11,13H,7-10,12H2,(H,20,22,23). The minimum atomic E-state index is -0.214. The molecular weight excluding hydrogens is 335 g/mol. The van der Waals surface area contributed by atoms with Crippen LogP contribution in [0.25, 0.3) is 0 Å². The lowest BCUT2D eigenvalue weighted by molar-refractivity contribution is 0.517. The van der Waals surface area contributed by atoms with Crippen molar-refractivity contribution in [3.63, 3.8) is 0 Å². The van der Waals surface area contributed by atoms with E-state index in [2.05, 4.69) is 30.3 Å². The van der Waals surface area contributed by atoms with E-state index in [0.717, 1.165) is 43.4 Å². The Morgan fingerprint density at radius 3 is 2.54 bits per heavy atom. The van der Waals surface area contributed by atoms with Gasteiger partial charge < -0.3 is 19.5 Å². The molecule has 0 radical (unpaired) electrons. The third-order valence-electron chi connectivity index (χ3n) is 4.34. The minimum absolute atomic E-state index is 0.214. The molecule has 3 heterocycles. The Morgan fingerprint density at radius 2 is 1.81 bits per heavy atom. The molecule has 1 fully saturated rings. The monoisotopic (exact) mass is 354 g/mol. The van der Waals surface area contributed by atoms with Crippen LogP contribution in [0.5, 0.6) is 0 Å². The van der Waals surface area contributed by atoms with Gasteiger partial charge in [0.25, 0.3) is 0 Å². The quantitative estimate of drug-likeness (QED) is 0.755. The Hall–Kier alpha value is -3.16. The third-order valence-corrected chi connectivity index (χ3v) is 4.34. The molecule has 26 heavy (non-hydrogen) atoms. The van der Waals surface area contributed by atoms with Crippen LogP contribution in [0.2, 0.25) is 0 Å². The molecule has 1 aromatic carbocycles. The molecule has 1 aliphatic rings. The van der Waals surface area contributed by atoms with Crippen LogP contribution < -0.4 is 15.1 Å². The number of furan rings is 1. The minimum Gasteiger partial charge on any atom is -0.467 e. The highest BCUT2D eigenvalue weighted by Gasteiger charge is 2.19. The summed E-state index contributed by atoms with van der Waals surface area (Å²) in [6.45, 7) is 3.81. The summed E-state index contributed by atoms with van der Waals surface area (Å²) in [5, 5.41) is 11.2. The number of benzene rings is 1. The van der Waals surface area contributed by atoms with Crippen molar-refractivity contribution in [3.8, 4) is 0 Å². The smallest absolute Gasteiger partial charge is 0.245 e. The van der Waals surface area contributed by atoms with Gasteiger partial charge in [-0.15, -0.1) is 5.10 Å². The van der Waals surface area contributed by atoms with E-state index in [1.54, 1.807) is 12.5 Å². The van der Waals surface area contributed by atoms with Crippen LogP contribution in [-0.4, -0.2) is 41.4 Å². The van der Waals surface area contributed by atoms with Gasteiger partial charge in [0.15, 0.2) is 5.82 Å². The SMILES string of the molecule is Fc1ccc(N2CCN(c3cnnc(NCc4ccco4)n3)CC2)cc1.